The highest BCUT2D eigenvalue weighted by atomic mass is 127. The molecule has 0 saturated heterocycles. The van der Waals surface area contributed by atoms with Gasteiger partial charge in [0.15, 0.2) is 5.82 Å². The zero-order valence-corrected chi connectivity index (χ0v) is 17.5. The number of nitrogen functional groups attached to an aromatic ring is 1. The fourth-order valence-electron chi connectivity index (χ4n) is 1.82. The molecule has 0 unspecified atom stereocenters. The van der Waals surface area contributed by atoms with Crippen LogP contribution < -0.4 is 5.73 Å². The third kappa shape index (κ3) is 3.92. The Hall–Kier alpha value is -0.990. The fraction of sp³-hybridized carbons (Fsp3) is 0.125. The maximum Gasteiger partial charge on any atom is 0.154 e. The minimum Gasteiger partial charge on any atom is -0.382 e. The van der Waals surface area contributed by atoms with Crippen LogP contribution in [-0.4, -0.2) is 4.37 Å². The van der Waals surface area contributed by atoms with Gasteiger partial charge in [0.25, 0.3) is 0 Å². The van der Waals surface area contributed by atoms with Crippen LogP contribution in [0.1, 0.15) is 16.7 Å². The molecule has 0 amide bonds. The number of anilines is 1. The van der Waals surface area contributed by atoms with Crippen LogP contribution in [0, 0.1) is 38.1 Å². The van der Waals surface area contributed by atoms with Gasteiger partial charge in [-0.05, 0) is 93.8 Å². The van der Waals surface area contributed by atoms with Crippen molar-refractivity contribution < 1.29 is 4.39 Å². The number of rotatable bonds is 0. The second-order valence-electron chi connectivity index (χ2n) is 4.81. The SMILES string of the molecule is Cc1ccc(C#N)c(F)c1I.Cc1ccc2c(N)nsc2c1I. The molecule has 3 nitrogen and oxygen atoms in total. The van der Waals surface area contributed by atoms with Gasteiger partial charge >= 0.3 is 0 Å². The molecule has 7 heteroatoms. The summed E-state index contributed by atoms with van der Waals surface area (Å²) in [7, 11) is 0. The average molecular weight is 551 g/mol. The molecule has 3 aromatic rings. The summed E-state index contributed by atoms with van der Waals surface area (Å²) in [6.45, 7) is 3.91. The van der Waals surface area contributed by atoms with Crippen LogP contribution in [0.5, 0.6) is 0 Å². The van der Waals surface area contributed by atoms with E-state index in [-0.39, 0.29) is 5.56 Å². The number of nitriles is 1. The number of hydrogen-bond acceptors (Lipinski definition) is 4. The van der Waals surface area contributed by atoms with Crippen LogP contribution in [0.3, 0.4) is 0 Å². The van der Waals surface area contributed by atoms with E-state index in [0.29, 0.717) is 9.39 Å². The molecule has 1 aromatic heterocycles. The number of aryl methyl sites for hydroxylation is 2. The molecule has 0 aliphatic carbocycles. The molecule has 23 heavy (non-hydrogen) atoms. The zero-order valence-electron chi connectivity index (χ0n) is 12.3. The normalized spacial score (nSPS) is 10.1. The lowest BCUT2D eigenvalue weighted by molar-refractivity contribution is 0.615. The summed E-state index contributed by atoms with van der Waals surface area (Å²) >= 11 is 5.69. The van der Waals surface area contributed by atoms with E-state index in [1.165, 1.54) is 31.4 Å². The van der Waals surface area contributed by atoms with E-state index >= 15 is 0 Å². The predicted molar refractivity (Wildman–Crippen MR) is 110 cm³/mol. The lowest BCUT2D eigenvalue weighted by Crippen LogP contribution is -1.90. The predicted octanol–water partition coefficient (Wildman–Crippen LogP) is 5.40. The van der Waals surface area contributed by atoms with Gasteiger partial charge in [0, 0.05) is 8.96 Å². The molecule has 1 heterocycles. The minimum absolute atomic E-state index is 0.111. The van der Waals surface area contributed by atoms with E-state index in [0.717, 1.165) is 10.9 Å². The molecule has 0 aliphatic heterocycles. The van der Waals surface area contributed by atoms with E-state index in [9.17, 15) is 4.39 Å². The highest BCUT2D eigenvalue weighted by molar-refractivity contribution is 14.1. The Kier molecular flexibility index (Phi) is 6.16. The molecular formula is C16H12FI2N3S. The van der Waals surface area contributed by atoms with Crippen molar-refractivity contribution in [2.45, 2.75) is 13.8 Å². The number of aromatic nitrogens is 1. The van der Waals surface area contributed by atoms with E-state index < -0.39 is 5.82 Å². The molecule has 0 spiro atoms. The molecule has 118 valence electrons. The van der Waals surface area contributed by atoms with Crippen molar-refractivity contribution in [2.24, 2.45) is 0 Å². The van der Waals surface area contributed by atoms with Crippen molar-refractivity contribution in [2.75, 3.05) is 5.73 Å². The van der Waals surface area contributed by atoms with Gasteiger partial charge in [-0.3, -0.25) is 0 Å². The highest BCUT2D eigenvalue weighted by Crippen LogP contribution is 2.30. The van der Waals surface area contributed by atoms with Crippen molar-refractivity contribution in [3.63, 3.8) is 0 Å². The first-order chi connectivity index (χ1) is 10.9. The van der Waals surface area contributed by atoms with E-state index in [4.69, 9.17) is 11.0 Å². The molecule has 0 bridgehead atoms. The van der Waals surface area contributed by atoms with Crippen molar-refractivity contribution in [1.29, 1.82) is 5.26 Å². The van der Waals surface area contributed by atoms with Crippen molar-refractivity contribution in [3.8, 4) is 6.07 Å². The van der Waals surface area contributed by atoms with Gasteiger partial charge < -0.3 is 5.73 Å². The van der Waals surface area contributed by atoms with Gasteiger partial charge in [0.1, 0.15) is 11.9 Å². The van der Waals surface area contributed by atoms with Gasteiger partial charge in [-0.15, -0.1) is 0 Å². The summed E-state index contributed by atoms with van der Waals surface area (Å²) in [5, 5.41) is 9.52. The number of benzene rings is 2. The number of fused-ring (bicyclic) bond motifs is 1. The largest absolute Gasteiger partial charge is 0.382 e. The molecule has 0 atom stereocenters. The summed E-state index contributed by atoms with van der Waals surface area (Å²) in [5.74, 6) is 0.237. The summed E-state index contributed by atoms with van der Waals surface area (Å²) in [4.78, 5) is 0. The molecule has 0 aliphatic rings. The summed E-state index contributed by atoms with van der Waals surface area (Å²) in [5.41, 5.74) is 7.95. The van der Waals surface area contributed by atoms with Gasteiger partial charge in [0.2, 0.25) is 0 Å². The van der Waals surface area contributed by atoms with E-state index in [1.54, 1.807) is 12.1 Å². The monoisotopic (exact) mass is 551 g/mol. The molecule has 2 N–H and O–H groups in total. The lowest BCUT2D eigenvalue weighted by atomic mass is 10.1. The zero-order chi connectivity index (χ0) is 17.1. The number of halogens is 3. The number of hydrogen-bond donors (Lipinski definition) is 1. The van der Waals surface area contributed by atoms with Crippen LogP contribution in [0.15, 0.2) is 24.3 Å². The Morgan fingerprint density at radius 2 is 1.74 bits per heavy atom. The quantitative estimate of drug-likeness (QED) is 0.381. The maximum absolute atomic E-state index is 13.0. The smallest absolute Gasteiger partial charge is 0.154 e. The summed E-state index contributed by atoms with van der Waals surface area (Å²) in [6.07, 6.45) is 0. The Bertz CT molecular complexity index is 916. The third-order valence-electron chi connectivity index (χ3n) is 3.20. The maximum atomic E-state index is 13.0. The topological polar surface area (TPSA) is 62.7 Å². The first-order valence-electron chi connectivity index (χ1n) is 6.51. The van der Waals surface area contributed by atoms with Crippen molar-refractivity contribution in [3.05, 3.63) is 53.9 Å². The molecule has 0 fully saturated rings. The second kappa shape index (κ2) is 7.72. The second-order valence-corrected chi connectivity index (χ2v) is 7.74. The first kappa shape index (κ1) is 18.4. The average Bonchev–Trinajstić information content (AvgIpc) is 2.91. The van der Waals surface area contributed by atoms with Gasteiger partial charge in [-0.2, -0.15) is 9.64 Å². The standard InChI is InChI=1S/C8H5FIN.C8H7IN2S/c1-5-2-3-6(4-11)7(9)8(5)10;1-4-2-3-5-7(6(4)9)12-11-8(5)10/h2-3H,1H3;2-3H,1H3,(H2,10,11). The third-order valence-corrected chi connectivity index (χ3v) is 7.17. The van der Waals surface area contributed by atoms with Crippen LogP contribution in [-0.2, 0) is 0 Å². The summed E-state index contributed by atoms with van der Waals surface area (Å²) < 4.78 is 20.1. The molecular weight excluding hydrogens is 539 g/mol. The first-order valence-corrected chi connectivity index (χ1v) is 9.44. The Morgan fingerprint density at radius 3 is 2.39 bits per heavy atom. The number of nitrogens with zero attached hydrogens (tertiary/aromatic N) is 2. The molecule has 3 rings (SSSR count). The summed E-state index contributed by atoms with van der Waals surface area (Å²) in [6, 6.07) is 9.13. The van der Waals surface area contributed by atoms with Crippen LogP contribution >= 0.6 is 56.7 Å². The Labute approximate surface area is 165 Å². The molecule has 0 saturated carbocycles. The fourth-order valence-corrected chi connectivity index (χ4v) is 3.86. The van der Waals surface area contributed by atoms with E-state index in [2.05, 4.69) is 40.0 Å². The Balaban J connectivity index is 0.000000168. The minimum atomic E-state index is -0.409. The molecule has 2 aromatic carbocycles. The Morgan fingerprint density at radius 1 is 1.13 bits per heavy atom. The number of nitrogens with two attached hydrogens (primary N) is 1. The van der Waals surface area contributed by atoms with Crippen LogP contribution in [0.2, 0.25) is 0 Å². The van der Waals surface area contributed by atoms with Crippen molar-refractivity contribution >= 4 is 72.6 Å². The van der Waals surface area contributed by atoms with Crippen molar-refractivity contribution in [1.82, 2.24) is 4.37 Å². The van der Waals surface area contributed by atoms with Gasteiger partial charge in [-0.1, -0.05) is 12.1 Å². The van der Waals surface area contributed by atoms with Crippen LogP contribution in [0.4, 0.5) is 10.2 Å². The van der Waals surface area contributed by atoms with Gasteiger partial charge in [0.05, 0.1) is 13.8 Å². The van der Waals surface area contributed by atoms with Gasteiger partial charge in [-0.25, -0.2) is 4.39 Å². The van der Waals surface area contributed by atoms with Crippen LogP contribution in [0.25, 0.3) is 10.1 Å². The molecule has 0 radical (unpaired) electrons. The van der Waals surface area contributed by atoms with E-state index in [1.807, 2.05) is 35.6 Å². The highest BCUT2D eigenvalue weighted by Gasteiger charge is 2.07. The lowest BCUT2D eigenvalue weighted by Gasteiger charge is -1.99.